The molecule has 1 aromatic heterocycles. The molecule has 2 N–H and O–H groups in total. The van der Waals surface area contributed by atoms with Gasteiger partial charge in [0, 0.05) is 11.3 Å². The Balaban J connectivity index is 1.42. The summed E-state index contributed by atoms with van der Waals surface area (Å²) in [4.78, 5) is 32.2. The minimum absolute atomic E-state index is 0.270. The Hall–Kier alpha value is -4.35. The number of urea groups is 1. The monoisotopic (exact) mass is 530 g/mol. The van der Waals surface area contributed by atoms with Crippen molar-refractivity contribution in [3.63, 3.8) is 0 Å². The first-order valence-corrected chi connectivity index (χ1v) is 12.8. The maximum Gasteiger partial charge on any atom is 0.349 e. The van der Waals surface area contributed by atoms with E-state index in [0.717, 1.165) is 42.5 Å². The van der Waals surface area contributed by atoms with Gasteiger partial charge in [-0.3, -0.25) is 0 Å². The first-order valence-electron chi connectivity index (χ1n) is 12.0. The smallest absolute Gasteiger partial charge is 0.349 e. The highest BCUT2D eigenvalue weighted by Crippen LogP contribution is 2.26. The number of halogens is 1. The molecule has 38 heavy (non-hydrogen) atoms. The van der Waals surface area contributed by atoms with Gasteiger partial charge in [-0.05, 0) is 72.1 Å². The summed E-state index contributed by atoms with van der Waals surface area (Å²) >= 11 is 1.50. The zero-order valence-corrected chi connectivity index (χ0v) is 22.1. The molecule has 0 fully saturated rings. The first kappa shape index (κ1) is 26.7. The Morgan fingerprint density at radius 3 is 2.42 bits per heavy atom. The Bertz CT molecular complexity index is 1520. The fraction of sp³-hybridized carbons (Fsp3) is 0.200. The van der Waals surface area contributed by atoms with Crippen LogP contribution in [0.3, 0.4) is 0 Å². The highest BCUT2D eigenvalue weighted by Gasteiger charge is 2.26. The Morgan fingerprint density at radius 1 is 1.00 bits per heavy atom. The average Bonchev–Trinajstić information content (AvgIpc) is 3.37. The van der Waals surface area contributed by atoms with Gasteiger partial charge in [-0.15, -0.1) is 16.4 Å². The number of methoxy groups -OCH3 is 1. The third kappa shape index (κ3) is 6.50. The van der Waals surface area contributed by atoms with Crippen LogP contribution in [0, 0.1) is 17.7 Å². The van der Waals surface area contributed by atoms with E-state index in [2.05, 4.69) is 11.8 Å². The van der Waals surface area contributed by atoms with Crippen molar-refractivity contribution in [2.75, 3.05) is 7.11 Å². The topological polar surface area (TPSA) is 81.9 Å². The van der Waals surface area contributed by atoms with E-state index in [4.69, 9.17) is 15.3 Å². The van der Waals surface area contributed by atoms with E-state index in [0.29, 0.717) is 6.42 Å². The number of hydrogen-bond acceptors (Lipinski definition) is 5. The van der Waals surface area contributed by atoms with E-state index in [1.165, 1.54) is 23.5 Å². The molecule has 2 amide bonds. The molecule has 1 unspecified atom stereocenters. The first-order chi connectivity index (χ1) is 18.2. The van der Waals surface area contributed by atoms with Gasteiger partial charge in [0.25, 0.3) is 0 Å². The quantitative estimate of drug-likeness (QED) is 0.244. The molecule has 4 rings (SSSR count). The van der Waals surface area contributed by atoms with Gasteiger partial charge >= 0.3 is 12.0 Å². The highest BCUT2D eigenvalue weighted by atomic mass is 32.1. The predicted molar refractivity (Wildman–Crippen MR) is 146 cm³/mol. The zero-order valence-electron chi connectivity index (χ0n) is 21.2. The van der Waals surface area contributed by atoms with Crippen LogP contribution in [-0.4, -0.2) is 30.2 Å². The van der Waals surface area contributed by atoms with Crippen LogP contribution in [0.25, 0.3) is 10.8 Å². The number of hydroxylamine groups is 2. The van der Waals surface area contributed by atoms with E-state index in [1.807, 2.05) is 48.5 Å². The van der Waals surface area contributed by atoms with Crippen LogP contribution < -0.4 is 10.5 Å². The maximum absolute atomic E-state index is 13.1. The van der Waals surface area contributed by atoms with Crippen molar-refractivity contribution in [3.8, 4) is 17.6 Å². The third-order valence-corrected chi connectivity index (χ3v) is 7.04. The average molecular weight is 531 g/mol. The van der Waals surface area contributed by atoms with Gasteiger partial charge in [-0.1, -0.05) is 48.2 Å². The van der Waals surface area contributed by atoms with E-state index < -0.39 is 24.0 Å². The lowest BCUT2D eigenvalue weighted by Crippen LogP contribution is -2.43. The lowest BCUT2D eigenvalue weighted by atomic mass is 9.98. The molecule has 0 aliphatic heterocycles. The lowest BCUT2D eigenvalue weighted by Gasteiger charge is -2.23. The second kappa shape index (κ2) is 11.8. The Labute approximate surface area is 224 Å². The maximum atomic E-state index is 13.1. The summed E-state index contributed by atoms with van der Waals surface area (Å²) < 4.78 is 18.4. The zero-order chi connectivity index (χ0) is 27.2. The fourth-order valence-corrected chi connectivity index (χ4v) is 4.75. The minimum Gasteiger partial charge on any atom is -0.497 e. The number of nitrogens with zero attached hydrogens (tertiary/aromatic N) is 1. The van der Waals surface area contributed by atoms with Crippen LogP contribution in [0.4, 0.5) is 9.18 Å². The molecule has 0 saturated carbocycles. The van der Waals surface area contributed by atoms with Crippen LogP contribution >= 0.6 is 11.3 Å². The van der Waals surface area contributed by atoms with Gasteiger partial charge in [0.2, 0.25) is 0 Å². The fourth-order valence-electron chi connectivity index (χ4n) is 3.84. The van der Waals surface area contributed by atoms with Gasteiger partial charge in [-0.2, -0.15) is 0 Å². The van der Waals surface area contributed by atoms with E-state index >= 15 is 0 Å². The molecular formula is C30H27FN2O4S. The van der Waals surface area contributed by atoms with Crippen molar-refractivity contribution in [2.45, 2.75) is 32.2 Å². The molecule has 1 heterocycles. The van der Waals surface area contributed by atoms with E-state index in [1.54, 1.807) is 33.1 Å². The molecule has 0 bridgehead atoms. The Kier molecular flexibility index (Phi) is 8.29. The standard InChI is InChI=1S/C30H27FN2O4S/c1-19(4-13-27-14-15-28(38-27)16-21-5-10-25(31)11-6-21)33(30(32)35)37-29(34)20(2)22-7-8-24-18-26(36-3)12-9-23(24)17-22/h5-12,14-15,17-20H,16H2,1-3H3,(H2,32,35)/t19-,20?/m1/s1. The van der Waals surface area contributed by atoms with Crippen LogP contribution in [0.2, 0.25) is 0 Å². The molecule has 0 aliphatic rings. The number of carbonyl (C=O) groups excluding carboxylic acids is 2. The molecule has 0 saturated heterocycles. The van der Waals surface area contributed by atoms with Gasteiger partial charge in [-0.25, -0.2) is 14.0 Å². The molecule has 3 aromatic carbocycles. The van der Waals surface area contributed by atoms with Crippen LogP contribution in [0.1, 0.15) is 40.6 Å². The minimum atomic E-state index is -0.916. The molecule has 8 heteroatoms. The van der Waals surface area contributed by atoms with Crippen molar-refractivity contribution in [1.29, 1.82) is 0 Å². The normalized spacial score (nSPS) is 12.2. The molecule has 2 atom stereocenters. The summed E-state index contributed by atoms with van der Waals surface area (Å²) in [6, 6.07) is 19.8. The van der Waals surface area contributed by atoms with Gasteiger partial charge < -0.3 is 15.3 Å². The molecule has 0 radical (unpaired) electrons. The lowest BCUT2D eigenvalue weighted by molar-refractivity contribution is -0.181. The molecule has 194 valence electrons. The van der Waals surface area contributed by atoms with Crippen LogP contribution in [0.5, 0.6) is 5.75 Å². The highest BCUT2D eigenvalue weighted by molar-refractivity contribution is 7.12. The van der Waals surface area contributed by atoms with Crippen molar-refractivity contribution < 1.29 is 23.6 Å². The molecular weight excluding hydrogens is 503 g/mol. The van der Waals surface area contributed by atoms with E-state index in [-0.39, 0.29) is 5.82 Å². The number of carbonyl (C=O) groups is 2. The number of nitrogens with two attached hydrogens (primary N) is 1. The van der Waals surface area contributed by atoms with Crippen molar-refractivity contribution in [3.05, 3.63) is 99.5 Å². The number of benzene rings is 3. The van der Waals surface area contributed by atoms with Crippen LogP contribution in [-0.2, 0) is 16.1 Å². The largest absolute Gasteiger partial charge is 0.497 e. The number of ether oxygens (including phenoxy) is 1. The SMILES string of the molecule is COc1ccc2cc(C(C)C(=O)ON(C(N)=O)[C@H](C)C#Cc3ccc(Cc4ccc(F)cc4)s3)ccc2c1. The second-order valence-corrected chi connectivity index (χ2v) is 9.95. The second-order valence-electron chi connectivity index (χ2n) is 8.78. The van der Waals surface area contributed by atoms with Gasteiger partial charge in [0.1, 0.15) is 17.6 Å². The summed E-state index contributed by atoms with van der Waals surface area (Å²) in [5.41, 5.74) is 7.23. The van der Waals surface area contributed by atoms with Crippen molar-refractivity contribution in [2.24, 2.45) is 5.73 Å². The van der Waals surface area contributed by atoms with Gasteiger partial charge in [0.05, 0.1) is 17.9 Å². The number of thiophene rings is 1. The summed E-state index contributed by atoms with van der Waals surface area (Å²) in [6.07, 6.45) is 0.660. The third-order valence-electron chi connectivity index (χ3n) is 6.04. The Morgan fingerprint density at radius 2 is 1.71 bits per heavy atom. The van der Waals surface area contributed by atoms with Crippen LogP contribution in [0.15, 0.2) is 72.8 Å². The van der Waals surface area contributed by atoms with Crippen molar-refractivity contribution in [1.82, 2.24) is 5.06 Å². The summed E-state index contributed by atoms with van der Waals surface area (Å²) in [7, 11) is 1.61. The molecule has 0 aliphatic carbocycles. The number of amides is 2. The molecule has 0 spiro atoms. The number of fused-ring (bicyclic) bond motifs is 1. The van der Waals surface area contributed by atoms with Crippen molar-refractivity contribution >= 4 is 34.1 Å². The molecule has 4 aromatic rings. The molecule has 6 nitrogen and oxygen atoms in total. The summed E-state index contributed by atoms with van der Waals surface area (Å²) in [5.74, 6) is 5.16. The van der Waals surface area contributed by atoms with Gasteiger partial charge in [0.15, 0.2) is 0 Å². The van der Waals surface area contributed by atoms with E-state index in [9.17, 15) is 14.0 Å². The number of rotatable bonds is 6. The summed E-state index contributed by atoms with van der Waals surface area (Å²) in [5, 5.41) is 2.72. The predicted octanol–water partition coefficient (Wildman–Crippen LogP) is 6.02. The number of primary amides is 1. The number of hydrogen-bond donors (Lipinski definition) is 1. The summed E-state index contributed by atoms with van der Waals surface area (Å²) in [6.45, 7) is 3.34.